The van der Waals surface area contributed by atoms with E-state index in [2.05, 4.69) is 42.4 Å². The van der Waals surface area contributed by atoms with Crippen molar-refractivity contribution in [3.05, 3.63) is 59.7 Å². The molecule has 1 aromatic heterocycles. The first kappa shape index (κ1) is 14.7. The fraction of sp³-hybridized carbons (Fsp3) is 0.176. The molecule has 22 heavy (non-hydrogen) atoms. The first-order valence-corrected chi connectivity index (χ1v) is 8.55. The predicted molar refractivity (Wildman–Crippen MR) is 88.6 cm³/mol. The van der Waals surface area contributed by atoms with E-state index in [4.69, 9.17) is 0 Å². The van der Waals surface area contributed by atoms with Crippen LogP contribution in [0.15, 0.2) is 53.6 Å². The van der Waals surface area contributed by atoms with Crippen LogP contribution in [0.4, 0.5) is 0 Å². The second-order valence-electron chi connectivity index (χ2n) is 5.32. The third-order valence-electron chi connectivity index (χ3n) is 3.41. The van der Waals surface area contributed by atoms with Crippen LogP contribution in [0, 0.1) is 13.8 Å². The summed E-state index contributed by atoms with van der Waals surface area (Å²) in [4.78, 5) is 0. The molecule has 2 aromatic carbocycles. The number of benzene rings is 2. The molecule has 112 valence electrons. The topological polar surface area (TPSA) is 47.8 Å². The maximum absolute atomic E-state index is 12.0. The van der Waals surface area contributed by atoms with Gasteiger partial charge in [-0.05, 0) is 38.1 Å². The molecule has 0 fully saturated rings. The van der Waals surface area contributed by atoms with Crippen molar-refractivity contribution >= 4 is 10.8 Å². The summed E-state index contributed by atoms with van der Waals surface area (Å²) in [5, 5.41) is 8.87. The van der Waals surface area contributed by atoms with Crippen LogP contribution in [-0.2, 0) is 10.8 Å². The van der Waals surface area contributed by atoms with Gasteiger partial charge in [-0.1, -0.05) is 40.6 Å². The lowest BCUT2D eigenvalue weighted by atomic mass is 10.1. The Morgan fingerprint density at radius 3 is 2.23 bits per heavy atom. The number of aryl methyl sites for hydroxylation is 2. The van der Waals surface area contributed by atoms with Gasteiger partial charge >= 0.3 is 0 Å². The Hall–Kier alpha value is -2.27. The average Bonchev–Trinajstić information content (AvgIpc) is 2.92. The molecule has 1 heterocycles. The molecule has 0 aliphatic heterocycles. The predicted octanol–water partition coefficient (Wildman–Crippen LogP) is 3.29. The van der Waals surface area contributed by atoms with E-state index in [1.807, 2.05) is 30.3 Å². The second-order valence-corrected chi connectivity index (χ2v) is 6.62. The second kappa shape index (κ2) is 5.85. The number of nitrogens with zero attached hydrogens (tertiary/aromatic N) is 3. The third-order valence-corrected chi connectivity index (χ3v) is 4.23. The van der Waals surface area contributed by atoms with Gasteiger partial charge in [-0.25, -0.2) is 4.68 Å². The van der Waals surface area contributed by atoms with Crippen molar-refractivity contribution in [3.63, 3.8) is 0 Å². The van der Waals surface area contributed by atoms with Crippen LogP contribution in [0.1, 0.15) is 11.1 Å². The zero-order chi connectivity index (χ0) is 15.7. The number of para-hydroxylation sites is 1. The molecule has 0 bridgehead atoms. The lowest BCUT2D eigenvalue weighted by molar-refractivity contribution is 0.683. The molecule has 0 saturated carbocycles. The van der Waals surface area contributed by atoms with Crippen molar-refractivity contribution in [1.29, 1.82) is 0 Å². The Labute approximate surface area is 132 Å². The maximum Gasteiger partial charge on any atom is 0.177 e. The molecule has 0 aliphatic rings. The normalized spacial score (nSPS) is 12.3. The van der Waals surface area contributed by atoms with Crippen LogP contribution >= 0.6 is 0 Å². The Bertz CT molecular complexity index is 820. The van der Waals surface area contributed by atoms with Gasteiger partial charge in [0.05, 0.1) is 16.5 Å². The summed E-state index contributed by atoms with van der Waals surface area (Å²) < 4.78 is 13.8. The summed E-state index contributed by atoms with van der Waals surface area (Å²) in [5.41, 5.74) is 4.99. The van der Waals surface area contributed by atoms with Gasteiger partial charge in [0.15, 0.2) is 5.03 Å². The van der Waals surface area contributed by atoms with Gasteiger partial charge in [-0.3, -0.25) is 4.21 Å². The molecule has 0 saturated heterocycles. The average molecular weight is 311 g/mol. The Kier molecular flexibility index (Phi) is 3.90. The van der Waals surface area contributed by atoms with Gasteiger partial charge in [0.2, 0.25) is 0 Å². The van der Waals surface area contributed by atoms with Crippen molar-refractivity contribution in [2.24, 2.45) is 0 Å². The Morgan fingerprint density at radius 2 is 1.64 bits per heavy atom. The summed E-state index contributed by atoms with van der Waals surface area (Å²) in [6.45, 7) is 4.10. The first-order valence-electron chi connectivity index (χ1n) is 6.99. The fourth-order valence-corrected chi connectivity index (χ4v) is 3.20. The molecule has 0 radical (unpaired) electrons. The van der Waals surface area contributed by atoms with Gasteiger partial charge in [-0.15, -0.1) is 5.10 Å². The zero-order valence-electron chi connectivity index (χ0n) is 12.8. The van der Waals surface area contributed by atoms with Gasteiger partial charge in [-0.2, -0.15) is 0 Å². The van der Waals surface area contributed by atoms with Gasteiger partial charge in [0.1, 0.15) is 5.69 Å². The summed E-state index contributed by atoms with van der Waals surface area (Å²) in [6, 6.07) is 16.0. The maximum atomic E-state index is 12.0. The van der Waals surface area contributed by atoms with E-state index in [0.717, 1.165) is 28.1 Å². The van der Waals surface area contributed by atoms with Gasteiger partial charge < -0.3 is 0 Å². The van der Waals surface area contributed by atoms with Crippen molar-refractivity contribution in [2.45, 2.75) is 18.9 Å². The SMILES string of the molecule is Cc1cc(C)cc(-c2c(S(C)=O)nnn2-c2ccccc2)c1. The standard InChI is InChI=1S/C17H17N3OS/c1-12-9-13(2)11-14(10-12)16-17(22(3)21)18-19-20(16)15-7-5-4-6-8-15/h4-11H,1-3H3. The number of hydrogen-bond donors (Lipinski definition) is 0. The Balaban J connectivity index is 2.28. The molecule has 1 unspecified atom stereocenters. The molecule has 0 spiro atoms. The number of rotatable bonds is 3. The molecule has 0 amide bonds. The quantitative estimate of drug-likeness (QED) is 0.746. The van der Waals surface area contributed by atoms with Crippen LogP contribution in [0.5, 0.6) is 0 Å². The molecule has 4 nitrogen and oxygen atoms in total. The summed E-state index contributed by atoms with van der Waals surface area (Å²) >= 11 is 0. The molecule has 0 N–H and O–H groups in total. The van der Waals surface area contributed by atoms with E-state index in [1.54, 1.807) is 10.9 Å². The summed E-state index contributed by atoms with van der Waals surface area (Å²) in [6.07, 6.45) is 1.63. The van der Waals surface area contributed by atoms with Gasteiger partial charge in [0, 0.05) is 11.8 Å². The van der Waals surface area contributed by atoms with E-state index in [-0.39, 0.29) is 0 Å². The minimum absolute atomic E-state index is 0.508. The summed E-state index contributed by atoms with van der Waals surface area (Å²) in [7, 11) is -1.20. The minimum Gasteiger partial charge on any atom is -0.253 e. The molecule has 3 aromatic rings. The Morgan fingerprint density at radius 1 is 1.00 bits per heavy atom. The van der Waals surface area contributed by atoms with E-state index < -0.39 is 10.8 Å². The van der Waals surface area contributed by atoms with E-state index in [1.165, 1.54) is 0 Å². The molecular formula is C17H17N3OS. The highest BCUT2D eigenvalue weighted by molar-refractivity contribution is 7.84. The molecule has 3 rings (SSSR count). The molecule has 5 heteroatoms. The highest BCUT2D eigenvalue weighted by Crippen LogP contribution is 2.28. The minimum atomic E-state index is -1.20. The summed E-state index contributed by atoms with van der Waals surface area (Å²) in [5.74, 6) is 0. The highest BCUT2D eigenvalue weighted by atomic mass is 32.2. The monoisotopic (exact) mass is 311 g/mol. The number of hydrogen-bond acceptors (Lipinski definition) is 3. The smallest absolute Gasteiger partial charge is 0.177 e. The third kappa shape index (κ3) is 2.72. The highest BCUT2D eigenvalue weighted by Gasteiger charge is 2.19. The van der Waals surface area contributed by atoms with E-state index in [9.17, 15) is 4.21 Å². The molecule has 0 aliphatic carbocycles. The largest absolute Gasteiger partial charge is 0.253 e. The van der Waals surface area contributed by atoms with Crippen molar-refractivity contribution in [3.8, 4) is 16.9 Å². The van der Waals surface area contributed by atoms with Crippen LogP contribution in [0.3, 0.4) is 0 Å². The van der Waals surface area contributed by atoms with Crippen molar-refractivity contribution in [2.75, 3.05) is 6.26 Å². The van der Waals surface area contributed by atoms with Gasteiger partial charge in [0.25, 0.3) is 0 Å². The van der Waals surface area contributed by atoms with Crippen LogP contribution in [0.25, 0.3) is 16.9 Å². The van der Waals surface area contributed by atoms with Crippen LogP contribution in [0.2, 0.25) is 0 Å². The van der Waals surface area contributed by atoms with Crippen molar-refractivity contribution in [1.82, 2.24) is 15.0 Å². The van der Waals surface area contributed by atoms with E-state index in [0.29, 0.717) is 5.03 Å². The van der Waals surface area contributed by atoms with Crippen LogP contribution < -0.4 is 0 Å². The molecular weight excluding hydrogens is 294 g/mol. The fourth-order valence-electron chi connectivity index (χ4n) is 2.57. The number of aromatic nitrogens is 3. The first-order chi connectivity index (χ1) is 10.6. The van der Waals surface area contributed by atoms with Crippen LogP contribution in [-0.4, -0.2) is 25.5 Å². The lowest BCUT2D eigenvalue weighted by Crippen LogP contribution is -2.01. The molecule has 1 atom stereocenters. The lowest BCUT2D eigenvalue weighted by Gasteiger charge is -2.09. The zero-order valence-corrected chi connectivity index (χ0v) is 13.6. The van der Waals surface area contributed by atoms with E-state index >= 15 is 0 Å². The van der Waals surface area contributed by atoms with Crippen molar-refractivity contribution < 1.29 is 4.21 Å².